The second-order valence-corrected chi connectivity index (χ2v) is 5.01. The Balaban J connectivity index is 0.000000156. The summed E-state index contributed by atoms with van der Waals surface area (Å²) in [5, 5.41) is 8.45. The number of hydrogen-bond donors (Lipinski definition) is 3. The highest BCUT2D eigenvalue weighted by atomic mass is 19.1. The van der Waals surface area contributed by atoms with E-state index in [9.17, 15) is 27.2 Å². The van der Waals surface area contributed by atoms with Crippen molar-refractivity contribution in [2.45, 2.75) is 0 Å². The van der Waals surface area contributed by atoms with Gasteiger partial charge in [0.2, 0.25) is 0 Å². The van der Waals surface area contributed by atoms with Crippen LogP contribution >= 0.6 is 0 Å². The van der Waals surface area contributed by atoms with E-state index < -0.39 is 46.9 Å². The highest BCUT2D eigenvalue weighted by molar-refractivity contribution is 5.94. The van der Waals surface area contributed by atoms with E-state index in [0.717, 1.165) is 19.2 Å². The summed E-state index contributed by atoms with van der Waals surface area (Å²) in [6.07, 6.45) is 0. The summed E-state index contributed by atoms with van der Waals surface area (Å²) >= 11 is 0. The number of nitrogens with one attached hydrogen (secondary N) is 2. The minimum atomic E-state index is -1.45. The number of aromatic nitrogens is 2. The zero-order valence-electron chi connectivity index (χ0n) is 13.2. The summed E-state index contributed by atoms with van der Waals surface area (Å²) < 4.78 is 64.1. The fourth-order valence-corrected chi connectivity index (χ4v) is 2.23. The van der Waals surface area contributed by atoms with Crippen molar-refractivity contribution >= 4 is 34.1 Å². The van der Waals surface area contributed by atoms with E-state index in [4.69, 9.17) is 5.11 Å². The van der Waals surface area contributed by atoms with Gasteiger partial charge in [0.1, 0.15) is 0 Å². The van der Waals surface area contributed by atoms with Gasteiger partial charge in [-0.05, 0) is 0 Å². The lowest BCUT2D eigenvalue weighted by Gasteiger charge is -1.93. The van der Waals surface area contributed by atoms with E-state index in [1.807, 2.05) is 0 Å². The van der Waals surface area contributed by atoms with Gasteiger partial charge in [0.25, 0.3) is 12.0 Å². The summed E-state index contributed by atoms with van der Waals surface area (Å²) in [5.41, 5.74) is -1.65. The SMILES string of the molecule is COC(=O)c1[nH]c2cc(F)oc2c1F.O=C(O)c1[nH]c2cc(F)oc2c1F. The lowest BCUT2D eigenvalue weighted by molar-refractivity contribution is 0.0588. The second-order valence-electron chi connectivity index (χ2n) is 5.01. The van der Waals surface area contributed by atoms with Gasteiger partial charge in [-0.1, -0.05) is 0 Å². The number of rotatable bonds is 2. The molecule has 0 bridgehead atoms. The van der Waals surface area contributed by atoms with Gasteiger partial charge < -0.3 is 28.6 Å². The number of carbonyl (C=O) groups is 2. The molecule has 142 valence electrons. The van der Waals surface area contributed by atoms with Crippen LogP contribution < -0.4 is 0 Å². The maximum absolute atomic E-state index is 13.3. The third kappa shape index (κ3) is 3.12. The Morgan fingerprint density at radius 1 is 0.926 bits per heavy atom. The number of aromatic amines is 2. The third-order valence-corrected chi connectivity index (χ3v) is 3.36. The summed E-state index contributed by atoms with van der Waals surface area (Å²) in [4.78, 5) is 25.9. The molecular formula is C15H8F4N2O6. The molecule has 4 aromatic heterocycles. The van der Waals surface area contributed by atoms with Crippen LogP contribution in [-0.2, 0) is 4.74 Å². The Kier molecular flexibility index (Phi) is 4.39. The van der Waals surface area contributed by atoms with Gasteiger partial charge in [-0.25, -0.2) is 18.4 Å². The van der Waals surface area contributed by atoms with Crippen LogP contribution in [0.1, 0.15) is 21.0 Å². The second kappa shape index (κ2) is 6.55. The van der Waals surface area contributed by atoms with Gasteiger partial charge in [-0.3, -0.25) is 0 Å². The quantitative estimate of drug-likeness (QED) is 0.357. The van der Waals surface area contributed by atoms with Gasteiger partial charge in [0, 0.05) is 12.1 Å². The van der Waals surface area contributed by atoms with E-state index in [1.165, 1.54) is 0 Å². The van der Waals surface area contributed by atoms with E-state index in [-0.39, 0.29) is 22.3 Å². The highest BCUT2D eigenvalue weighted by Crippen LogP contribution is 2.24. The first-order valence-corrected chi connectivity index (χ1v) is 6.97. The van der Waals surface area contributed by atoms with Gasteiger partial charge in [0.15, 0.2) is 34.2 Å². The molecule has 4 aromatic rings. The van der Waals surface area contributed by atoms with Crippen LogP contribution in [0.2, 0.25) is 0 Å². The largest absolute Gasteiger partial charge is 0.476 e. The minimum absolute atomic E-state index is 0.00704. The molecule has 0 aliphatic carbocycles. The fourth-order valence-electron chi connectivity index (χ4n) is 2.23. The zero-order chi connectivity index (χ0) is 19.9. The first-order valence-electron chi connectivity index (χ1n) is 6.97. The van der Waals surface area contributed by atoms with Crippen molar-refractivity contribution in [3.8, 4) is 0 Å². The Morgan fingerprint density at radius 3 is 1.78 bits per heavy atom. The fraction of sp³-hybridized carbons (Fsp3) is 0.0667. The molecule has 0 aliphatic rings. The molecule has 4 heterocycles. The number of carboxylic acid groups (broad SMARTS) is 1. The van der Waals surface area contributed by atoms with Gasteiger partial charge >= 0.3 is 11.9 Å². The molecule has 0 aliphatic heterocycles. The number of aromatic carboxylic acids is 1. The molecule has 12 heteroatoms. The molecule has 0 amide bonds. The topological polar surface area (TPSA) is 121 Å². The number of carbonyl (C=O) groups excluding carboxylic acids is 1. The molecule has 8 nitrogen and oxygen atoms in total. The lowest BCUT2D eigenvalue weighted by atomic mass is 10.4. The van der Waals surface area contributed by atoms with Crippen molar-refractivity contribution in [1.29, 1.82) is 0 Å². The molecule has 0 spiro atoms. The number of furan rings is 2. The highest BCUT2D eigenvalue weighted by Gasteiger charge is 2.22. The van der Waals surface area contributed by atoms with E-state index >= 15 is 0 Å². The Hall–Kier alpha value is -3.70. The standard InChI is InChI=1S/C8H5F2NO3.C7H3F2NO3/c1-13-8(12)6-5(10)7-3(11-6)2-4(9)14-7;8-3-1-2-6(13-3)4(9)5(10-2)7(11)12/h2,11H,1H3;1,10H,(H,11,12). The molecule has 0 fully saturated rings. The van der Waals surface area contributed by atoms with Crippen LogP contribution in [0.5, 0.6) is 0 Å². The molecule has 3 N–H and O–H groups in total. The normalized spacial score (nSPS) is 10.9. The summed E-state index contributed by atoms with van der Waals surface area (Å²) in [5.74, 6) is -4.36. The van der Waals surface area contributed by atoms with Crippen molar-refractivity contribution in [1.82, 2.24) is 9.97 Å². The van der Waals surface area contributed by atoms with Crippen LogP contribution in [0.25, 0.3) is 22.2 Å². The number of carboxylic acids is 1. The lowest BCUT2D eigenvalue weighted by Crippen LogP contribution is -2.03. The minimum Gasteiger partial charge on any atom is -0.476 e. The van der Waals surface area contributed by atoms with Gasteiger partial charge in [-0.15, -0.1) is 0 Å². The van der Waals surface area contributed by atoms with Crippen molar-refractivity contribution in [2.24, 2.45) is 0 Å². The number of esters is 1. The molecule has 27 heavy (non-hydrogen) atoms. The van der Waals surface area contributed by atoms with E-state index in [1.54, 1.807) is 0 Å². The molecule has 0 radical (unpaired) electrons. The molecule has 0 aromatic carbocycles. The van der Waals surface area contributed by atoms with Crippen molar-refractivity contribution in [2.75, 3.05) is 7.11 Å². The summed E-state index contributed by atoms with van der Waals surface area (Å²) in [6.45, 7) is 0. The Labute approximate surface area is 145 Å². The summed E-state index contributed by atoms with van der Waals surface area (Å²) in [7, 11) is 1.12. The molecular weight excluding hydrogens is 380 g/mol. The number of hydrogen-bond acceptors (Lipinski definition) is 5. The number of fused-ring (bicyclic) bond motifs is 2. The Bertz CT molecular complexity index is 1170. The average molecular weight is 388 g/mol. The first-order chi connectivity index (χ1) is 12.7. The van der Waals surface area contributed by atoms with Crippen LogP contribution in [0.4, 0.5) is 17.6 Å². The van der Waals surface area contributed by atoms with Crippen LogP contribution in [0, 0.1) is 23.7 Å². The summed E-state index contributed by atoms with van der Waals surface area (Å²) in [6, 6.07) is -0.0472. The number of methoxy groups -OCH3 is 1. The Morgan fingerprint density at radius 2 is 1.37 bits per heavy atom. The maximum Gasteiger partial charge on any atom is 0.357 e. The molecule has 0 unspecified atom stereocenters. The van der Waals surface area contributed by atoms with E-state index in [2.05, 4.69) is 23.5 Å². The number of halogens is 4. The van der Waals surface area contributed by atoms with Gasteiger partial charge in [0.05, 0.1) is 18.1 Å². The van der Waals surface area contributed by atoms with Crippen molar-refractivity contribution < 1.29 is 45.8 Å². The molecule has 0 atom stereocenters. The van der Waals surface area contributed by atoms with Crippen LogP contribution in [-0.4, -0.2) is 34.1 Å². The molecule has 0 saturated carbocycles. The number of H-pyrrole nitrogens is 2. The van der Waals surface area contributed by atoms with Crippen LogP contribution in [0.15, 0.2) is 21.0 Å². The monoisotopic (exact) mass is 388 g/mol. The predicted octanol–water partition coefficient (Wildman–Crippen LogP) is 3.56. The van der Waals surface area contributed by atoms with Crippen molar-refractivity contribution in [3.63, 3.8) is 0 Å². The predicted molar refractivity (Wildman–Crippen MR) is 79.3 cm³/mol. The van der Waals surface area contributed by atoms with Crippen molar-refractivity contribution in [3.05, 3.63) is 47.2 Å². The smallest absolute Gasteiger partial charge is 0.357 e. The van der Waals surface area contributed by atoms with Gasteiger partial charge in [-0.2, -0.15) is 8.78 Å². The molecule has 4 rings (SSSR count). The number of ether oxygens (including phenoxy) is 1. The zero-order valence-corrected chi connectivity index (χ0v) is 13.2. The average Bonchev–Trinajstić information content (AvgIpc) is 3.31. The van der Waals surface area contributed by atoms with E-state index in [0.29, 0.717) is 0 Å². The first kappa shape index (κ1) is 18.1. The maximum atomic E-state index is 13.3. The third-order valence-electron chi connectivity index (χ3n) is 3.36. The van der Waals surface area contributed by atoms with Crippen LogP contribution in [0.3, 0.4) is 0 Å². The molecule has 0 saturated heterocycles.